The highest BCUT2D eigenvalue weighted by Crippen LogP contribution is 2.17. The second-order valence-corrected chi connectivity index (χ2v) is 4.04. The largest absolute Gasteiger partial charge is 0.328 e. The first-order chi connectivity index (χ1) is 7.20. The average Bonchev–Trinajstić information content (AvgIpc) is 2.38. The van der Waals surface area contributed by atoms with Crippen molar-refractivity contribution in [3.8, 4) is 0 Å². The number of carbonyl (C=O) groups excluding carboxylic acids is 2. The summed E-state index contributed by atoms with van der Waals surface area (Å²) in [4.78, 5) is 24.9. The van der Waals surface area contributed by atoms with Crippen molar-refractivity contribution >= 4 is 11.8 Å². The first-order valence-electron chi connectivity index (χ1n) is 5.75. The van der Waals surface area contributed by atoms with Crippen molar-refractivity contribution in [3.05, 3.63) is 0 Å². The van der Waals surface area contributed by atoms with Crippen molar-refractivity contribution in [2.24, 2.45) is 5.73 Å². The van der Waals surface area contributed by atoms with Crippen LogP contribution in [-0.2, 0) is 9.59 Å². The summed E-state index contributed by atoms with van der Waals surface area (Å²) in [6.07, 6.45) is 4.39. The minimum atomic E-state index is -0.0897. The molecule has 0 aliphatic carbocycles. The Morgan fingerprint density at radius 1 is 1.27 bits per heavy atom. The van der Waals surface area contributed by atoms with Gasteiger partial charge in [-0.3, -0.25) is 14.5 Å². The number of imide groups is 1. The summed E-state index contributed by atoms with van der Waals surface area (Å²) in [5, 5.41) is 0. The molecule has 4 nitrogen and oxygen atoms in total. The van der Waals surface area contributed by atoms with E-state index in [1.165, 1.54) is 4.90 Å². The molecule has 86 valence electrons. The molecule has 1 aliphatic heterocycles. The minimum absolute atomic E-state index is 0.0404. The fraction of sp³-hybridized carbons (Fsp3) is 0.818. The molecule has 0 aromatic heterocycles. The van der Waals surface area contributed by atoms with Gasteiger partial charge in [-0.25, -0.2) is 0 Å². The third kappa shape index (κ3) is 3.02. The Bertz CT molecular complexity index is 223. The van der Waals surface area contributed by atoms with Gasteiger partial charge in [-0.2, -0.15) is 0 Å². The van der Waals surface area contributed by atoms with Gasteiger partial charge >= 0.3 is 0 Å². The smallest absolute Gasteiger partial charge is 0.229 e. The summed E-state index contributed by atoms with van der Waals surface area (Å²) in [7, 11) is 0. The number of hydrogen-bond acceptors (Lipinski definition) is 3. The standard InChI is InChI=1S/C11H20N2O2/c1-2-5-9(8-12)13-10(14)6-3-4-7-11(13)15/h9H,2-8,12H2,1H3. The fourth-order valence-corrected chi connectivity index (χ4v) is 2.03. The van der Waals surface area contributed by atoms with E-state index < -0.39 is 0 Å². The zero-order valence-electron chi connectivity index (χ0n) is 9.37. The minimum Gasteiger partial charge on any atom is -0.328 e. The van der Waals surface area contributed by atoms with Gasteiger partial charge in [0.05, 0.1) is 6.04 Å². The Balaban J connectivity index is 2.75. The molecule has 1 heterocycles. The first kappa shape index (κ1) is 12.2. The van der Waals surface area contributed by atoms with E-state index >= 15 is 0 Å². The Labute approximate surface area is 90.8 Å². The van der Waals surface area contributed by atoms with Gasteiger partial charge in [0, 0.05) is 19.4 Å². The summed E-state index contributed by atoms with van der Waals surface area (Å²) in [5.74, 6) is -0.0807. The van der Waals surface area contributed by atoms with Crippen LogP contribution in [0, 0.1) is 0 Å². The number of nitrogens with two attached hydrogens (primary N) is 1. The van der Waals surface area contributed by atoms with E-state index in [2.05, 4.69) is 0 Å². The van der Waals surface area contributed by atoms with Crippen molar-refractivity contribution in [3.63, 3.8) is 0 Å². The van der Waals surface area contributed by atoms with Gasteiger partial charge in [0.15, 0.2) is 0 Å². The zero-order chi connectivity index (χ0) is 11.3. The maximum Gasteiger partial charge on any atom is 0.229 e. The molecule has 0 aromatic carbocycles. The van der Waals surface area contributed by atoms with Crippen molar-refractivity contribution in [1.29, 1.82) is 0 Å². The Morgan fingerprint density at radius 2 is 1.80 bits per heavy atom. The van der Waals surface area contributed by atoms with Crippen LogP contribution in [0.4, 0.5) is 0 Å². The quantitative estimate of drug-likeness (QED) is 0.708. The lowest BCUT2D eigenvalue weighted by Gasteiger charge is -2.27. The lowest BCUT2D eigenvalue weighted by molar-refractivity contribution is -0.146. The van der Waals surface area contributed by atoms with E-state index in [4.69, 9.17) is 5.73 Å². The van der Waals surface area contributed by atoms with Gasteiger partial charge in [-0.1, -0.05) is 13.3 Å². The molecule has 0 bridgehead atoms. The monoisotopic (exact) mass is 212 g/mol. The molecule has 1 atom stereocenters. The number of rotatable bonds is 4. The predicted octanol–water partition coefficient (Wildman–Crippen LogP) is 1.04. The van der Waals surface area contributed by atoms with Crippen LogP contribution >= 0.6 is 0 Å². The molecule has 2 N–H and O–H groups in total. The van der Waals surface area contributed by atoms with Crippen LogP contribution in [0.25, 0.3) is 0 Å². The molecule has 4 heteroatoms. The van der Waals surface area contributed by atoms with E-state index in [-0.39, 0.29) is 17.9 Å². The van der Waals surface area contributed by atoms with Crippen LogP contribution in [0.15, 0.2) is 0 Å². The average molecular weight is 212 g/mol. The lowest BCUT2D eigenvalue weighted by atomic mass is 10.1. The summed E-state index contributed by atoms with van der Waals surface area (Å²) >= 11 is 0. The first-order valence-corrected chi connectivity index (χ1v) is 5.75. The molecule has 0 saturated carbocycles. The summed E-state index contributed by atoms with van der Waals surface area (Å²) in [6.45, 7) is 2.42. The van der Waals surface area contributed by atoms with Crippen LogP contribution < -0.4 is 5.73 Å². The molecule has 0 radical (unpaired) electrons. The van der Waals surface area contributed by atoms with E-state index in [9.17, 15) is 9.59 Å². The molecular weight excluding hydrogens is 192 g/mol. The fourth-order valence-electron chi connectivity index (χ4n) is 2.03. The Kier molecular flexibility index (Phi) is 4.75. The maximum atomic E-state index is 11.7. The van der Waals surface area contributed by atoms with Crippen molar-refractivity contribution in [1.82, 2.24) is 4.90 Å². The summed E-state index contributed by atoms with van der Waals surface area (Å²) in [5.41, 5.74) is 5.62. The number of likely N-dealkylation sites (tertiary alicyclic amines) is 1. The highest BCUT2D eigenvalue weighted by Gasteiger charge is 2.29. The molecule has 1 saturated heterocycles. The van der Waals surface area contributed by atoms with Gasteiger partial charge in [-0.15, -0.1) is 0 Å². The van der Waals surface area contributed by atoms with Crippen molar-refractivity contribution in [2.45, 2.75) is 51.5 Å². The van der Waals surface area contributed by atoms with Gasteiger partial charge in [0.1, 0.15) is 0 Å². The number of carbonyl (C=O) groups is 2. The zero-order valence-corrected chi connectivity index (χ0v) is 9.37. The summed E-state index contributed by atoms with van der Waals surface area (Å²) < 4.78 is 0. The molecule has 2 amide bonds. The van der Waals surface area contributed by atoms with Crippen LogP contribution in [0.2, 0.25) is 0 Å². The molecule has 1 rings (SSSR count). The number of nitrogens with zero attached hydrogens (tertiary/aromatic N) is 1. The third-order valence-electron chi connectivity index (χ3n) is 2.83. The van der Waals surface area contributed by atoms with E-state index in [0.717, 1.165) is 25.7 Å². The predicted molar refractivity (Wildman–Crippen MR) is 58.1 cm³/mol. The highest BCUT2D eigenvalue weighted by molar-refractivity contribution is 5.96. The third-order valence-corrected chi connectivity index (χ3v) is 2.83. The van der Waals surface area contributed by atoms with Crippen LogP contribution in [0.5, 0.6) is 0 Å². The molecule has 1 fully saturated rings. The molecular formula is C11H20N2O2. The Morgan fingerprint density at radius 3 is 2.20 bits per heavy atom. The topological polar surface area (TPSA) is 63.4 Å². The van der Waals surface area contributed by atoms with Gasteiger partial charge in [0.25, 0.3) is 0 Å². The number of amides is 2. The van der Waals surface area contributed by atoms with Crippen LogP contribution in [0.3, 0.4) is 0 Å². The van der Waals surface area contributed by atoms with E-state index in [1.807, 2.05) is 6.92 Å². The second kappa shape index (κ2) is 5.85. The lowest BCUT2D eigenvalue weighted by Crippen LogP contribution is -2.47. The van der Waals surface area contributed by atoms with Crippen molar-refractivity contribution < 1.29 is 9.59 Å². The Hall–Kier alpha value is -0.900. The molecule has 1 unspecified atom stereocenters. The SMILES string of the molecule is CCCC(CN)N1C(=O)CCCCC1=O. The number of hydrogen-bond donors (Lipinski definition) is 1. The van der Waals surface area contributed by atoms with E-state index in [0.29, 0.717) is 19.4 Å². The van der Waals surface area contributed by atoms with E-state index in [1.54, 1.807) is 0 Å². The van der Waals surface area contributed by atoms with Crippen LogP contribution in [0.1, 0.15) is 45.4 Å². The highest BCUT2D eigenvalue weighted by atomic mass is 16.2. The van der Waals surface area contributed by atoms with Gasteiger partial charge in [-0.05, 0) is 19.3 Å². The van der Waals surface area contributed by atoms with Gasteiger partial charge in [0.2, 0.25) is 11.8 Å². The molecule has 0 aromatic rings. The molecule has 1 aliphatic rings. The molecule has 15 heavy (non-hydrogen) atoms. The van der Waals surface area contributed by atoms with Crippen LogP contribution in [-0.4, -0.2) is 29.3 Å². The molecule has 0 spiro atoms. The van der Waals surface area contributed by atoms with Crippen molar-refractivity contribution in [2.75, 3.05) is 6.54 Å². The second-order valence-electron chi connectivity index (χ2n) is 4.04. The maximum absolute atomic E-state index is 11.7. The normalized spacial score (nSPS) is 20.3. The summed E-state index contributed by atoms with van der Waals surface area (Å²) in [6, 6.07) is -0.0897. The van der Waals surface area contributed by atoms with Gasteiger partial charge < -0.3 is 5.73 Å².